The number of rotatable bonds is 6. The largest absolute Gasteiger partial charge is 0.503 e. The number of aliphatic hydroxyl groups excluding tert-OH is 1. The Labute approximate surface area is 190 Å². The molecule has 8 heteroatoms. The fourth-order valence-electron chi connectivity index (χ4n) is 3.72. The Kier molecular flexibility index (Phi) is 5.67. The summed E-state index contributed by atoms with van der Waals surface area (Å²) in [7, 11) is 5.32. The van der Waals surface area contributed by atoms with Crippen LogP contribution in [0.15, 0.2) is 76.6 Å². The van der Waals surface area contributed by atoms with Crippen molar-refractivity contribution in [3.8, 4) is 5.75 Å². The normalized spacial score (nSPS) is 15.9. The summed E-state index contributed by atoms with van der Waals surface area (Å²) in [5, 5.41) is 11.1. The predicted molar refractivity (Wildman–Crippen MR) is 122 cm³/mol. The maximum Gasteiger partial charge on any atom is 0.294 e. The SMILES string of the molecule is COc1ccc(N2C(=O)C(O)=C(C(=O)c3ccco3)C2c2ccc(N(C)C)cc2)cc1Cl. The third-order valence-corrected chi connectivity index (χ3v) is 5.63. The molecule has 0 saturated carbocycles. The number of hydrogen-bond acceptors (Lipinski definition) is 6. The fourth-order valence-corrected chi connectivity index (χ4v) is 3.97. The Morgan fingerprint density at radius 2 is 1.88 bits per heavy atom. The predicted octanol–water partition coefficient (Wildman–Crippen LogP) is 4.79. The average molecular weight is 453 g/mol. The second-order valence-electron chi connectivity index (χ2n) is 7.45. The van der Waals surface area contributed by atoms with Gasteiger partial charge in [0.15, 0.2) is 11.5 Å². The number of ketones is 1. The second-order valence-corrected chi connectivity index (χ2v) is 7.86. The first kappa shape index (κ1) is 21.5. The number of hydrogen-bond donors (Lipinski definition) is 1. The molecule has 0 bridgehead atoms. The average Bonchev–Trinajstić information content (AvgIpc) is 3.41. The van der Waals surface area contributed by atoms with E-state index in [1.54, 1.807) is 24.3 Å². The number of nitrogens with zero attached hydrogens (tertiary/aromatic N) is 2. The fraction of sp³-hybridized carbons (Fsp3) is 0.167. The maximum absolute atomic E-state index is 13.2. The van der Waals surface area contributed by atoms with Crippen LogP contribution in [0.4, 0.5) is 11.4 Å². The highest BCUT2D eigenvalue weighted by atomic mass is 35.5. The third kappa shape index (κ3) is 3.61. The Morgan fingerprint density at radius 1 is 1.16 bits per heavy atom. The van der Waals surface area contributed by atoms with Crippen LogP contribution in [0.1, 0.15) is 22.2 Å². The van der Waals surface area contributed by atoms with Gasteiger partial charge in [0.25, 0.3) is 5.91 Å². The van der Waals surface area contributed by atoms with Gasteiger partial charge >= 0.3 is 0 Å². The van der Waals surface area contributed by atoms with Crippen LogP contribution in [0.3, 0.4) is 0 Å². The van der Waals surface area contributed by atoms with Crippen LogP contribution >= 0.6 is 11.6 Å². The Hall–Kier alpha value is -3.71. The van der Waals surface area contributed by atoms with Crippen molar-refractivity contribution in [1.29, 1.82) is 0 Å². The van der Waals surface area contributed by atoms with Crippen LogP contribution in [0.25, 0.3) is 0 Å². The monoisotopic (exact) mass is 452 g/mol. The van der Waals surface area contributed by atoms with Gasteiger partial charge in [0, 0.05) is 25.5 Å². The molecule has 1 aliphatic heterocycles. The van der Waals surface area contributed by atoms with Gasteiger partial charge in [-0.3, -0.25) is 14.5 Å². The first-order valence-corrected chi connectivity index (χ1v) is 10.2. The van der Waals surface area contributed by atoms with Gasteiger partial charge in [0.2, 0.25) is 5.78 Å². The molecule has 7 nitrogen and oxygen atoms in total. The van der Waals surface area contributed by atoms with E-state index in [1.165, 1.54) is 24.3 Å². The number of methoxy groups -OCH3 is 1. The molecule has 0 spiro atoms. The number of aliphatic hydroxyl groups is 1. The van der Waals surface area contributed by atoms with Crippen LogP contribution in [-0.4, -0.2) is 38.0 Å². The van der Waals surface area contributed by atoms with Crippen LogP contribution in [0.5, 0.6) is 5.75 Å². The van der Waals surface area contributed by atoms with Gasteiger partial charge in [-0.2, -0.15) is 0 Å². The van der Waals surface area contributed by atoms with Crippen molar-refractivity contribution in [2.24, 2.45) is 0 Å². The van der Waals surface area contributed by atoms with Gasteiger partial charge in [-0.25, -0.2) is 0 Å². The van der Waals surface area contributed by atoms with E-state index in [-0.39, 0.29) is 11.3 Å². The summed E-state index contributed by atoms with van der Waals surface area (Å²) in [6, 6.07) is 14.4. The van der Waals surface area contributed by atoms with E-state index in [2.05, 4.69) is 0 Å². The van der Waals surface area contributed by atoms with Crippen LogP contribution in [0, 0.1) is 0 Å². The molecular weight excluding hydrogens is 432 g/mol. The van der Waals surface area contributed by atoms with Crippen molar-refractivity contribution in [3.05, 3.63) is 88.5 Å². The van der Waals surface area contributed by atoms with Crippen molar-refractivity contribution in [2.45, 2.75) is 6.04 Å². The Balaban J connectivity index is 1.86. The van der Waals surface area contributed by atoms with Crippen LogP contribution in [0.2, 0.25) is 5.02 Å². The molecular formula is C24H21ClN2O5. The lowest BCUT2D eigenvalue weighted by atomic mass is 9.94. The number of Topliss-reactive ketones (excluding diaryl/α,β-unsaturated/α-hetero) is 1. The third-order valence-electron chi connectivity index (χ3n) is 5.34. The van der Waals surface area contributed by atoms with Gasteiger partial charge in [-0.1, -0.05) is 23.7 Å². The highest BCUT2D eigenvalue weighted by Crippen LogP contribution is 2.43. The van der Waals surface area contributed by atoms with Gasteiger partial charge < -0.3 is 19.2 Å². The van der Waals surface area contributed by atoms with Gasteiger partial charge in [-0.05, 0) is 48.0 Å². The summed E-state index contributed by atoms with van der Waals surface area (Å²) < 4.78 is 10.4. The number of ether oxygens (including phenoxy) is 1. The molecule has 1 aromatic heterocycles. The molecule has 32 heavy (non-hydrogen) atoms. The minimum Gasteiger partial charge on any atom is -0.503 e. The van der Waals surface area contributed by atoms with Crippen molar-refractivity contribution in [1.82, 2.24) is 0 Å². The maximum atomic E-state index is 13.2. The first-order valence-electron chi connectivity index (χ1n) is 9.79. The van der Waals surface area contributed by atoms with E-state index < -0.39 is 23.5 Å². The van der Waals surface area contributed by atoms with Crippen molar-refractivity contribution in [3.63, 3.8) is 0 Å². The van der Waals surface area contributed by atoms with Crippen molar-refractivity contribution < 1.29 is 23.8 Å². The smallest absolute Gasteiger partial charge is 0.294 e. The Morgan fingerprint density at radius 3 is 2.44 bits per heavy atom. The highest BCUT2D eigenvalue weighted by molar-refractivity contribution is 6.32. The summed E-state index contributed by atoms with van der Waals surface area (Å²) in [6.07, 6.45) is 1.36. The van der Waals surface area contributed by atoms with E-state index >= 15 is 0 Å². The number of furan rings is 1. The van der Waals surface area contributed by atoms with Gasteiger partial charge in [-0.15, -0.1) is 0 Å². The summed E-state index contributed by atoms with van der Waals surface area (Å²) >= 11 is 6.30. The highest BCUT2D eigenvalue weighted by Gasteiger charge is 2.45. The molecule has 2 heterocycles. The summed E-state index contributed by atoms with van der Waals surface area (Å²) in [5.74, 6) is -1.42. The lowest BCUT2D eigenvalue weighted by molar-refractivity contribution is -0.117. The molecule has 0 fully saturated rings. The molecule has 1 aliphatic rings. The van der Waals surface area contributed by atoms with Crippen LogP contribution < -0.4 is 14.5 Å². The topological polar surface area (TPSA) is 83.2 Å². The van der Waals surface area contributed by atoms with E-state index in [0.29, 0.717) is 22.0 Å². The van der Waals surface area contributed by atoms with Crippen molar-refractivity contribution >= 4 is 34.7 Å². The molecule has 0 saturated heterocycles. The van der Waals surface area contributed by atoms with E-state index in [1.807, 2.05) is 43.3 Å². The Bertz CT molecular complexity index is 1200. The molecule has 2 aromatic carbocycles. The van der Waals surface area contributed by atoms with Crippen LogP contribution in [-0.2, 0) is 4.79 Å². The first-order chi connectivity index (χ1) is 15.3. The van der Waals surface area contributed by atoms with Gasteiger partial charge in [0.1, 0.15) is 5.75 Å². The molecule has 3 aromatic rings. The minimum atomic E-state index is -0.874. The zero-order chi connectivity index (χ0) is 23.0. The number of anilines is 2. The standard InChI is InChI=1S/C24H21ClN2O5/c1-26(2)15-8-6-14(7-9-15)21-20(22(28)19-5-4-12-32-19)23(29)24(30)27(21)16-10-11-18(31-3)17(25)13-16/h4-13,21,29H,1-3H3. The molecule has 0 aliphatic carbocycles. The summed E-state index contributed by atoms with van der Waals surface area (Å²) in [5.41, 5.74) is 1.95. The lowest BCUT2D eigenvalue weighted by Crippen LogP contribution is -2.31. The quantitative estimate of drug-likeness (QED) is 0.541. The molecule has 1 unspecified atom stereocenters. The second kappa shape index (κ2) is 8.43. The minimum absolute atomic E-state index is 0.0314. The van der Waals surface area contributed by atoms with Gasteiger partial charge in [0.05, 0.1) is 30.0 Å². The molecule has 1 N–H and O–H groups in total. The number of carbonyl (C=O) groups is 2. The number of carbonyl (C=O) groups excluding carboxylic acids is 2. The zero-order valence-electron chi connectivity index (χ0n) is 17.7. The number of amides is 1. The summed E-state index contributed by atoms with van der Waals surface area (Å²) in [6.45, 7) is 0. The molecule has 1 atom stereocenters. The molecule has 4 rings (SSSR count). The number of benzene rings is 2. The molecule has 1 amide bonds. The molecule has 164 valence electrons. The zero-order valence-corrected chi connectivity index (χ0v) is 18.5. The van der Waals surface area contributed by atoms with E-state index in [9.17, 15) is 14.7 Å². The van der Waals surface area contributed by atoms with Crippen molar-refractivity contribution in [2.75, 3.05) is 31.0 Å². The summed E-state index contributed by atoms with van der Waals surface area (Å²) in [4.78, 5) is 29.7. The van der Waals surface area contributed by atoms with E-state index in [4.69, 9.17) is 20.8 Å². The molecule has 0 radical (unpaired) electrons. The lowest BCUT2D eigenvalue weighted by Gasteiger charge is -2.27. The van der Waals surface area contributed by atoms with E-state index in [0.717, 1.165) is 5.69 Å². The number of halogens is 1.